The normalized spacial score (nSPS) is 18.1. The lowest BCUT2D eigenvalue weighted by Gasteiger charge is -2.32. The highest BCUT2D eigenvalue weighted by Crippen LogP contribution is 2.25. The van der Waals surface area contributed by atoms with E-state index in [1.54, 1.807) is 23.1 Å². The Kier molecular flexibility index (Phi) is 5.20. The molecule has 0 saturated carbocycles. The maximum absolute atomic E-state index is 13.1. The van der Waals surface area contributed by atoms with Crippen LogP contribution in [0.5, 0.6) is 0 Å². The Bertz CT molecular complexity index is 801. The van der Waals surface area contributed by atoms with Crippen molar-refractivity contribution in [2.24, 2.45) is 0 Å². The number of amides is 1. The lowest BCUT2D eigenvalue weighted by atomic mass is 10.2. The van der Waals surface area contributed by atoms with E-state index in [0.29, 0.717) is 41.9 Å². The first-order valence-corrected chi connectivity index (χ1v) is 8.42. The largest absolute Gasteiger partial charge is 0.377 e. The number of hydrogen-bond acceptors (Lipinski definition) is 3. The molecule has 1 saturated heterocycles. The summed E-state index contributed by atoms with van der Waals surface area (Å²) in [6.45, 7) is 5.43. The van der Waals surface area contributed by atoms with Crippen LogP contribution in [0.25, 0.3) is 11.8 Å². The molecule has 1 amide bonds. The molecule has 2 aromatic rings. The summed E-state index contributed by atoms with van der Waals surface area (Å²) < 4.78 is 20.0. The number of carbonyl (C=O) groups is 1. The average molecular weight is 364 g/mol. The predicted octanol–water partition coefficient (Wildman–Crippen LogP) is 3.23. The maximum Gasteiger partial charge on any atom is 0.246 e. The number of carbonyl (C=O) groups excluding carboxylic acids is 1. The second kappa shape index (κ2) is 7.37. The molecule has 2 heterocycles. The fourth-order valence-corrected chi connectivity index (χ4v) is 3.09. The molecule has 5 nitrogen and oxygen atoms in total. The van der Waals surface area contributed by atoms with E-state index in [1.165, 1.54) is 22.9 Å². The smallest absolute Gasteiger partial charge is 0.246 e. The zero-order valence-electron chi connectivity index (χ0n) is 14.1. The highest BCUT2D eigenvalue weighted by molar-refractivity contribution is 6.31. The van der Waals surface area contributed by atoms with Crippen molar-refractivity contribution in [1.29, 1.82) is 0 Å². The molecule has 1 unspecified atom stereocenters. The molecule has 25 heavy (non-hydrogen) atoms. The van der Waals surface area contributed by atoms with E-state index < -0.39 is 0 Å². The van der Waals surface area contributed by atoms with Crippen LogP contribution in [0, 0.1) is 12.7 Å². The van der Waals surface area contributed by atoms with Crippen molar-refractivity contribution in [3.63, 3.8) is 0 Å². The van der Waals surface area contributed by atoms with Crippen molar-refractivity contribution in [2.75, 3.05) is 19.8 Å². The van der Waals surface area contributed by atoms with Crippen LogP contribution in [-0.4, -0.2) is 46.4 Å². The molecule has 1 atom stereocenters. The number of benzene rings is 1. The third-order valence-corrected chi connectivity index (χ3v) is 4.53. The monoisotopic (exact) mass is 363 g/mol. The van der Waals surface area contributed by atoms with Gasteiger partial charge in [-0.3, -0.25) is 4.79 Å². The molecule has 0 radical (unpaired) electrons. The second-order valence-electron chi connectivity index (χ2n) is 5.97. The number of halogens is 2. The minimum atomic E-state index is -0.325. The van der Waals surface area contributed by atoms with Crippen LogP contribution in [0.15, 0.2) is 30.3 Å². The molecule has 0 N–H and O–H groups in total. The van der Waals surface area contributed by atoms with Gasteiger partial charge in [0.15, 0.2) is 0 Å². The lowest BCUT2D eigenvalue weighted by molar-refractivity contribution is -0.133. The Morgan fingerprint density at radius 2 is 2.12 bits per heavy atom. The van der Waals surface area contributed by atoms with Gasteiger partial charge in [0.1, 0.15) is 11.0 Å². The zero-order valence-corrected chi connectivity index (χ0v) is 14.8. The van der Waals surface area contributed by atoms with Crippen LogP contribution in [0.2, 0.25) is 5.15 Å². The minimum Gasteiger partial charge on any atom is -0.377 e. The number of hydrogen-bond donors (Lipinski definition) is 0. The minimum absolute atomic E-state index is 0.0457. The summed E-state index contributed by atoms with van der Waals surface area (Å²) in [5.74, 6) is -0.408. The molecule has 1 aromatic carbocycles. The van der Waals surface area contributed by atoms with Gasteiger partial charge in [0.25, 0.3) is 0 Å². The molecule has 1 fully saturated rings. The first kappa shape index (κ1) is 17.6. The zero-order chi connectivity index (χ0) is 18.0. The van der Waals surface area contributed by atoms with Gasteiger partial charge in [-0.25, -0.2) is 9.07 Å². The number of aromatic nitrogens is 2. The van der Waals surface area contributed by atoms with E-state index in [4.69, 9.17) is 16.3 Å². The first-order valence-electron chi connectivity index (χ1n) is 8.05. The Morgan fingerprint density at radius 3 is 2.80 bits per heavy atom. The third kappa shape index (κ3) is 3.75. The Hall–Kier alpha value is -2.18. The number of ether oxygens (including phenoxy) is 1. The van der Waals surface area contributed by atoms with E-state index in [-0.39, 0.29) is 17.8 Å². The van der Waals surface area contributed by atoms with Gasteiger partial charge in [-0.05, 0) is 44.2 Å². The van der Waals surface area contributed by atoms with Gasteiger partial charge in [-0.15, -0.1) is 0 Å². The number of morpholine rings is 1. The van der Waals surface area contributed by atoms with Crippen LogP contribution >= 0.6 is 11.6 Å². The van der Waals surface area contributed by atoms with Crippen LogP contribution in [0.1, 0.15) is 18.2 Å². The SMILES string of the molecule is Cc1nn(-c2ccc(F)cc2)c(Cl)c1/C=C/C(=O)N1CCOCC1C. The van der Waals surface area contributed by atoms with Crippen molar-refractivity contribution in [1.82, 2.24) is 14.7 Å². The van der Waals surface area contributed by atoms with Gasteiger partial charge in [-0.1, -0.05) is 11.6 Å². The standard InChI is InChI=1S/C18H19ClFN3O2/c1-12-11-25-10-9-22(12)17(24)8-7-16-13(2)21-23(18(16)19)15-5-3-14(20)4-6-15/h3-8,12H,9-11H2,1-2H3/b8-7+. The number of rotatable bonds is 3. The molecular weight excluding hydrogens is 345 g/mol. The van der Waals surface area contributed by atoms with Crippen LogP contribution in [-0.2, 0) is 9.53 Å². The second-order valence-corrected chi connectivity index (χ2v) is 6.33. The molecule has 1 aliphatic rings. The van der Waals surface area contributed by atoms with Crippen molar-refractivity contribution in [2.45, 2.75) is 19.9 Å². The molecule has 1 aliphatic heterocycles. The molecule has 0 spiro atoms. The molecule has 1 aromatic heterocycles. The third-order valence-electron chi connectivity index (χ3n) is 4.16. The molecule has 0 bridgehead atoms. The predicted molar refractivity (Wildman–Crippen MR) is 94.3 cm³/mol. The van der Waals surface area contributed by atoms with E-state index in [2.05, 4.69) is 5.10 Å². The van der Waals surface area contributed by atoms with Gasteiger partial charge in [0.05, 0.1) is 30.6 Å². The summed E-state index contributed by atoms with van der Waals surface area (Å²) in [6, 6.07) is 5.94. The summed E-state index contributed by atoms with van der Waals surface area (Å²) >= 11 is 6.41. The number of nitrogens with zero attached hydrogens (tertiary/aromatic N) is 3. The Morgan fingerprint density at radius 1 is 1.40 bits per heavy atom. The van der Waals surface area contributed by atoms with Crippen LogP contribution in [0.3, 0.4) is 0 Å². The average Bonchev–Trinajstić information content (AvgIpc) is 2.88. The summed E-state index contributed by atoms with van der Waals surface area (Å²) in [7, 11) is 0. The fourth-order valence-electron chi connectivity index (χ4n) is 2.76. The van der Waals surface area contributed by atoms with Crippen LogP contribution < -0.4 is 0 Å². The van der Waals surface area contributed by atoms with E-state index in [9.17, 15) is 9.18 Å². The maximum atomic E-state index is 13.1. The van der Waals surface area contributed by atoms with Gasteiger partial charge in [0.2, 0.25) is 5.91 Å². The van der Waals surface area contributed by atoms with Crippen molar-refractivity contribution in [3.8, 4) is 5.69 Å². The fraction of sp³-hybridized carbons (Fsp3) is 0.333. The molecular formula is C18H19ClFN3O2. The summed E-state index contributed by atoms with van der Waals surface area (Å²) in [5.41, 5.74) is 2.01. The quantitative estimate of drug-likeness (QED) is 0.786. The van der Waals surface area contributed by atoms with Gasteiger partial charge >= 0.3 is 0 Å². The molecule has 7 heteroatoms. The molecule has 132 valence electrons. The summed E-state index contributed by atoms with van der Waals surface area (Å²) in [4.78, 5) is 14.2. The first-order chi connectivity index (χ1) is 12.0. The summed E-state index contributed by atoms with van der Waals surface area (Å²) in [5, 5.41) is 4.76. The summed E-state index contributed by atoms with van der Waals surface area (Å²) in [6.07, 6.45) is 3.18. The van der Waals surface area contributed by atoms with Gasteiger partial charge < -0.3 is 9.64 Å². The topological polar surface area (TPSA) is 47.4 Å². The highest BCUT2D eigenvalue weighted by Gasteiger charge is 2.22. The van der Waals surface area contributed by atoms with Crippen molar-refractivity contribution in [3.05, 3.63) is 52.6 Å². The van der Waals surface area contributed by atoms with Crippen molar-refractivity contribution >= 4 is 23.6 Å². The Labute approximate surface area is 150 Å². The molecule has 0 aliphatic carbocycles. The highest BCUT2D eigenvalue weighted by atomic mass is 35.5. The molecule has 3 rings (SSSR count). The van der Waals surface area contributed by atoms with E-state index >= 15 is 0 Å². The van der Waals surface area contributed by atoms with Gasteiger partial charge in [0, 0.05) is 18.2 Å². The number of aryl methyl sites for hydroxylation is 1. The lowest BCUT2D eigenvalue weighted by Crippen LogP contribution is -2.46. The van der Waals surface area contributed by atoms with E-state index in [1.807, 2.05) is 13.8 Å². The van der Waals surface area contributed by atoms with Crippen LogP contribution in [0.4, 0.5) is 4.39 Å². The Balaban J connectivity index is 1.83. The van der Waals surface area contributed by atoms with Crippen molar-refractivity contribution < 1.29 is 13.9 Å². The van der Waals surface area contributed by atoms with E-state index in [0.717, 1.165) is 0 Å². The van der Waals surface area contributed by atoms with Gasteiger partial charge in [-0.2, -0.15) is 5.10 Å².